The van der Waals surface area contributed by atoms with E-state index in [-0.39, 0.29) is 35.4 Å². The molecule has 2 aromatic heterocycles. The lowest BCUT2D eigenvalue weighted by Crippen LogP contribution is -2.37. The first-order valence-electron chi connectivity index (χ1n) is 15.9. The van der Waals surface area contributed by atoms with Gasteiger partial charge in [-0.2, -0.15) is 0 Å². The monoisotopic (exact) mass is 634 g/mol. The summed E-state index contributed by atoms with van der Waals surface area (Å²) in [5, 5.41) is 9.18. The van der Waals surface area contributed by atoms with Crippen molar-refractivity contribution in [3.05, 3.63) is 112 Å². The van der Waals surface area contributed by atoms with Crippen LogP contribution >= 0.6 is 0 Å². The van der Waals surface area contributed by atoms with Crippen LogP contribution in [0, 0.1) is 12.7 Å². The maximum atomic E-state index is 14.2. The van der Waals surface area contributed by atoms with E-state index in [4.69, 9.17) is 0 Å². The van der Waals surface area contributed by atoms with Crippen molar-refractivity contribution in [1.82, 2.24) is 19.8 Å². The Labute approximate surface area is 273 Å². The summed E-state index contributed by atoms with van der Waals surface area (Å²) in [5.41, 5.74) is 6.22. The van der Waals surface area contributed by atoms with Crippen molar-refractivity contribution >= 4 is 34.1 Å². The molecule has 6 rings (SSSR count). The van der Waals surface area contributed by atoms with Gasteiger partial charge in [0.25, 0.3) is 11.5 Å². The summed E-state index contributed by atoms with van der Waals surface area (Å²) in [6.45, 7) is 5.76. The minimum absolute atomic E-state index is 0.160. The van der Waals surface area contributed by atoms with Crippen LogP contribution < -0.4 is 26.4 Å². The second kappa shape index (κ2) is 13.3. The van der Waals surface area contributed by atoms with Crippen LogP contribution in [0.15, 0.2) is 83.8 Å². The van der Waals surface area contributed by atoms with Crippen LogP contribution in [-0.2, 0) is 11.3 Å². The van der Waals surface area contributed by atoms with Gasteiger partial charge in [0.15, 0.2) is 0 Å². The van der Waals surface area contributed by atoms with Gasteiger partial charge in [-0.1, -0.05) is 12.1 Å². The molecule has 0 spiro atoms. The van der Waals surface area contributed by atoms with E-state index in [0.717, 1.165) is 59.3 Å². The summed E-state index contributed by atoms with van der Waals surface area (Å²) in [6.07, 6.45) is 4.21. The third-order valence-corrected chi connectivity index (χ3v) is 8.92. The summed E-state index contributed by atoms with van der Waals surface area (Å²) < 4.78 is 17.9. The maximum Gasteiger partial charge on any atom is 0.275 e. The largest absolute Gasteiger partial charge is 0.371 e. The minimum atomic E-state index is -0.500. The number of nitrogens with zero attached hydrogens (tertiary/aromatic N) is 3. The molecule has 0 saturated carbocycles. The zero-order chi connectivity index (χ0) is 33.2. The highest BCUT2D eigenvalue weighted by molar-refractivity contribution is 5.96. The summed E-state index contributed by atoms with van der Waals surface area (Å²) >= 11 is 0. The van der Waals surface area contributed by atoms with Crippen molar-refractivity contribution < 1.29 is 14.0 Å². The zero-order valence-corrected chi connectivity index (χ0v) is 27.1. The fourth-order valence-corrected chi connectivity index (χ4v) is 6.23. The molecule has 5 aromatic rings. The summed E-state index contributed by atoms with van der Waals surface area (Å²) in [4.78, 5) is 41.8. The lowest BCUT2D eigenvalue weighted by molar-refractivity contribution is -0.117. The Morgan fingerprint density at radius 1 is 0.936 bits per heavy atom. The number of anilines is 2. The second-order valence-corrected chi connectivity index (χ2v) is 12.1. The topological polar surface area (TPSA) is 100 Å². The first kappa shape index (κ1) is 31.7. The Morgan fingerprint density at radius 3 is 2.45 bits per heavy atom. The van der Waals surface area contributed by atoms with E-state index in [0.29, 0.717) is 16.8 Å². The van der Waals surface area contributed by atoms with Crippen molar-refractivity contribution in [2.75, 3.05) is 37.4 Å². The van der Waals surface area contributed by atoms with Gasteiger partial charge >= 0.3 is 0 Å². The van der Waals surface area contributed by atoms with Crippen LogP contribution in [0.1, 0.15) is 41.3 Å². The minimum Gasteiger partial charge on any atom is -0.371 e. The van der Waals surface area contributed by atoms with E-state index >= 15 is 0 Å². The normalized spacial score (nSPS) is 13.6. The number of pyridine rings is 1. The quantitative estimate of drug-likeness (QED) is 0.200. The van der Waals surface area contributed by atoms with Crippen LogP contribution in [0.5, 0.6) is 0 Å². The first-order valence-corrected chi connectivity index (χ1v) is 15.9. The van der Waals surface area contributed by atoms with E-state index in [1.807, 2.05) is 25.3 Å². The highest BCUT2D eigenvalue weighted by Gasteiger charge is 2.20. The van der Waals surface area contributed by atoms with Gasteiger partial charge in [-0.3, -0.25) is 14.4 Å². The predicted molar refractivity (Wildman–Crippen MR) is 185 cm³/mol. The highest BCUT2D eigenvalue weighted by Crippen LogP contribution is 2.31. The Morgan fingerprint density at radius 2 is 1.70 bits per heavy atom. The number of hydrogen-bond donors (Lipinski definition) is 3. The number of halogens is 1. The predicted octanol–water partition coefficient (Wildman–Crippen LogP) is 5.46. The van der Waals surface area contributed by atoms with Crippen LogP contribution in [-0.4, -0.2) is 54.2 Å². The number of hydrogen-bond acceptors (Lipinski definition) is 5. The number of fused-ring (bicyclic) bond motifs is 1. The molecule has 1 aliphatic heterocycles. The Balaban J connectivity index is 1.51. The SMILES string of the molecule is CNC(=O)c1cccc(-c2ccc(NC(=O)C(C)NC)c(=O)n2Cc2cc(N3CCCC3)cc(-n3cc(C)c4cc(F)ccc43)c2)c1. The second-order valence-electron chi connectivity index (χ2n) is 12.1. The molecule has 1 unspecified atom stereocenters. The molecule has 1 aliphatic rings. The van der Waals surface area contributed by atoms with E-state index in [2.05, 4.69) is 37.6 Å². The third kappa shape index (κ3) is 6.41. The molecule has 47 heavy (non-hydrogen) atoms. The van der Waals surface area contributed by atoms with Gasteiger partial charge in [-0.25, -0.2) is 4.39 Å². The Kier molecular flexibility index (Phi) is 8.95. The first-order chi connectivity index (χ1) is 22.7. The average Bonchev–Trinajstić information content (AvgIpc) is 3.74. The maximum absolute atomic E-state index is 14.2. The fourth-order valence-electron chi connectivity index (χ4n) is 6.23. The van der Waals surface area contributed by atoms with Crippen molar-refractivity contribution in [3.8, 4) is 16.9 Å². The van der Waals surface area contributed by atoms with Crippen molar-refractivity contribution in [2.45, 2.75) is 39.3 Å². The zero-order valence-electron chi connectivity index (χ0n) is 27.1. The van der Waals surface area contributed by atoms with Crippen LogP contribution in [0.4, 0.5) is 15.8 Å². The molecular weight excluding hydrogens is 595 g/mol. The number of benzene rings is 3. The van der Waals surface area contributed by atoms with Crippen molar-refractivity contribution in [2.24, 2.45) is 0 Å². The Bertz CT molecular complexity index is 2040. The van der Waals surface area contributed by atoms with Crippen LogP contribution in [0.25, 0.3) is 27.8 Å². The number of rotatable bonds is 9. The molecule has 3 aromatic carbocycles. The molecule has 0 radical (unpaired) electrons. The number of carbonyl (C=O) groups excluding carboxylic acids is 2. The van der Waals surface area contributed by atoms with E-state index in [1.54, 1.807) is 68.1 Å². The standard InChI is InChI=1S/C37H39FN6O3/c1-23-21-43(34-12-10-28(38)19-31(23)34)30-17-25(16-29(20-30)42-14-5-6-15-42)22-44-33(26-8-7-9-27(18-26)36(46)40-4)13-11-32(37(44)47)41-35(45)24(2)39-3/h7-13,16-21,24,39H,5-6,14-15,22H2,1-4H3,(H,40,46)(H,41,45). The molecule has 9 nitrogen and oxygen atoms in total. The summed E-state index contributed by atoms with van der Waals surface area (Å²) in [5.74, 6) is -0.841. The molecule has 2 amide bonds. The van der Waals surface area contributed by atoms with Gasteiger partial charge in [-0.05, 0) is 111 Å². The number of amides is 2. The number of aromatic nitrogens is 2. The molecule has 10 heteroatoms. The molecule has 1 atom stereocenters. The molecule has 242 valence electrons. The molecule has 1 fully saturated rings. The fraction of sp³-hybridized carbons (Fsp3) is 0.270. The van der Waals surface area contributed by atoms with Crippen LogP contribution in [0.3, 0.4) is 0 Å². The molecule has 0 aliphatic carbocycles. The van der Waals surface area contributed by atoms with E-state index in [9.17, 15) is 18.8 Å². The van der Waals surface area contributed by atoms with Gasteiger partial charge in [0.2, 0.25) is 5.91 Å². The van der Waals surface area contributed by atoms with Crippen molar-refractivity contribution in [1.29, 1.82) is 0 Å². The number of likely N-dealkylation sites (N-methyl/N-ethyl adjacent to an activating group) is 1. The van der Waals surface area contributed by atoms with Gasteiger partial charge in [0, 0.05) is 48.7 Å². The van der Waals surface area contributed by atoms with Crippen LogP contribution in [0.2, 0.25) is 0 Å². The smallest absolute Gasteiger partial charge is 0.275 e. The molecular formula is C37H39FN6O3. The highest BCUT2D eigenvalue weighted by atomic mass is 19.1. The summed E-state index contributed by atoms with van der Waals surface area (Å²) in [7, 11) is 3.26. The third-order valence-electron chi connectivity index (χ3n) is 8.92. The molecule has 3 N–H and O–H groups in total. The van der Waals surface area contributed by atoms with Gasteiger partial charge in [-0.15, -0.1) is 0 Å². The average molecular weight is 635 g/mol. The van der Waals surface area contributed by atoms with Gasteiger partial charge in [0.05, 0.1) is 23.8 Å². The van der Waals surface area contributed by atoms with Crippen molar-refractivity contribution in [3.63, 3.8) is 0 Å². The van der Waals surface area contributed by atoms with E-state index in [1.165, 1.54) is 6.07 Å². The number of nitrogens with one attached hydrogen (secondary N) is 3. The molecule has 1 saturated heterocycles. The Hall–Kier alpha value is -5.22. The van der Waals surface area contributed by atoms with Gasteiger partial charge in [0.1, 0.15) is 11.5 Å². The summed E-state index contributed by atoms with van der Waals surface area (Å²) in [6, 6.07) is 21.1. The molecule has 0 bridgehead atoms. The lowest BCUT2D eigenvalue weighted by atomic mass is 10.1. The number of aryl methyl sites for hydroxylation is 1. The van der Waals surface area contributed by atoms with Gasteiger partial charge < -0.3 is 30.0 Å². The van der Waals surface area contributed by atoms with E-state index < -0.39 is 6.04 Å². The molecule has 3 heterocycles. The lowest BCUT2D eigenvalue weighted by Gasteiger charge is -2.22. The number of carbonyl (C=O) groups is 2.